The fourth-order valence-electron chi connectivity index (χ4n) is 1.33. The van der Waals surface area contributed by atoms with Crippen LogP contribution in [0.5, 0.6) is 0 Å². The van der Waals surface area contributed by atoms with Gasteiger partial charge >= 0.3 is 5.69 Å². The standard InChI is InChI=1S/C7H5N5OS/c8-6-11-5-3(14-6)1-2-4(10-5)12-7(13)9-2/h1H,(H4,8,9,10,11,12,13). The number of imidazole rings is 1. The monoisotopic (exact) mass is 207 g/mol. The van der Waals surface area contributed by atoms with Crippen molar-refractivity contribution in [2.45, 2.75) is 0 Å². The third kappa shape index (κ3) is 0.925. The molecule has 3 aromatic heterocycles. The van der Waals surface area contributed by atoms with Crippen molar-refractivity contribution in [2.75, 3.05) is 5.73 Å². The van der Waals surface area contributed by atoms with Gasteiger partial charge in [-0.25, -0.2) is 14.8 Å². The highest BCUT2D eigenvalue weighted by Crippen LogP contribution is 2.23. The van der Waals surface area contributed by atoms with E-state index in [2.05, 4.69) is 19.9 Å². The molecule has 3 aromatic rings. The minimum atomic E-state index is -0.266. The van der Waals surface area contributed by atoms with Gasteiger partial charge in [0.2, 0.25) is 0 Å². The van der Waals surface area contributed by atoms with E-state index in [1.54, 1.807) is 0 Å². The number of H-pyrrole nitrogens is 2. The summed E-state index contributed by atoms with van der Waals surface area (Å²) in [6.07, 6.45) is 0. The Morgan fingerprint density at radius 1 is 1.36 bits per heavy atom. The molecule has 3 rings (SSSR count). The number of thiazole rings is 1. The lowest BCUT2D eigenvalue weighted by Crippen LogP contribution is -1.99. The molecule has 4 N–H and O–H groups in total. The van der Waals surface area contributed by atoms with Crippen molar-refractivity contribution >= 4 is 38.0 Å². The van der Waals surface area contributed by atoms with Crippen molar-refractivity contribution in [3.8, 4) is 0 Å². The highest BCUT2D eigenvalue weighted by molar-refractivity contribution is 7.22. The lowest BCUT2D eigenvalue weighted by Gasteiger charge is -1.86. The average molecular weight is 207 g/mol. The first-order valence-corrected chi connectivity index (χ1v) is 4.69. The fraction of sp³-hybridized carbons (Fsp3) is 0. The molecule has 0 atom stereocenters. The van der Waals surface area contributed by atoms with Gasteiger partial charge in [-0.15, -0.1) is 0 Å². The van der Waals surface area contributed by atoms with Gasteiger partial charge in [0.1, 0.15) is 0 Å². The van der Waals surface area contributed by atoms with Crippen molar-refractivity contribution in [3.63, 3.8) is 0 Å². The van der Waals surface area contributed by atoms with E-state index in [9.17, 15) is 4.79 Å². The number of aromatic amines is 2. The van der Waals surface area contributed by atoms with Crippen LogP contribution in [-0.2, 0) is 0 Å². The third-order valence-corrected chi connectivity index (χ3v) is 2.70. The molecule has 0 aliphatic heterocycles. The Labute approximate surface area is 80.8 Å². The van der Waals surface area contributed by atoms with E-state index < -0.39 is 0 Å². The number of nitrogens with one attached hydrogen (secondary N) is 2. The summed E-state index contributed by atoms with van der Waals surface area (Å²) >= 11 is 1.34. The van der Waals surface area contributed by atoms with Crippen LogP contribution in [0, 0.1) is 0 Å². The molecule has 3 heterocycles. The molecule has 70 valence electrons. The Morgan fingerprint density at radius 2 is 2.21 bits per heavy atom. The lowest BCUT2D eigenvalue weighted by atomic mass is 10.4. The number of hydrogen-bond donors (Lipinski definition) is 3. The molecular weight excluding hydrogens is 202 g/mol. The molecule has 0 aromatic carbocycles. The number of aromatic nitrogens is 4. The Bertz CT molecular complexity index is 624. The number of fused-ring (bicyclic) bond motifs is 2. The van der Waals surface area contributed by atoms with Crippen LogP contribution in [0.3, 0.4) is 0 Å². The van der Waals surface area contributed by atoms with Gasteiger partial charge in [0, 0.05) is 0 Å². The Morgan fingerprint density at radius 3 is 3.07 bits per heavy atom. The first-order valence-electron chi connectivity index (χ1n) is 3.87. The van der Waals surface area contributed by atoms with E-state index in [1.807, 2.05) is 6.07 Å². The third-order valence-electron chi connectivity index (χ3n) is 1.88. The number of rotatable bonds is 0. The molecule has 14 heavy (non-hydrogen) atoms. The van der Waals surface area contributed by atoms with Crippen LogP contribution in [0.1, 0.15) is 0 Å². The van der Waals surface area contributed by atoms with Crippen LogP contribution >= 0.6 is 11.3 Å². The molecule has 0 unspecified atom stereocenters. The van der Waals surface area contributed by atoms with Crippen LogP contribution in [0.25, 0.3) is 21.5 Å². The lowest BCUT2D eigenvalue weighted by molar-refractivity contribution is 1.20. The van der Waals surface area contributed by atoms with Gasteiger partial charge in [0.25, 0.3) is 0 Å². The normalized spacial score (nSPS) is 11.4. The predicted octanol–water partition coefficient (Wildman–Crippen LogP) is 0.443. The number of nitrogen functional groups attached to an aromatic ring is 1. The van der Waals surface area contributed by atoms with E-state index in [0.29, 0.717) is 21.9 Å². The van der Waals surface area contributed by atoms with Crippen molar-refractivity contribution in [1.82, 2.24) is 19.9 Å². The van der Waals surface area contributed by atoms with Crippen LogP contribution in [-0.4, -0.2) is 19.9 Å². The zero-order valence-electron chi connectivity index (χ0n) is 6.87. The number of nitrogens with zero attached hydrogens (tertiary/aromatic N) is 2. The molecule has 0 saturated heterocycles. The van der Waals surface area contributed by atoms with Crippen LogP contribution in [0.15, 0.2) is 10.9 Å². The topological polar surface area (TPSA) is 100 Å². The molecule has 0 radical (unpaired) electrons. The van der Waals surface area contributed by atoms with E-state index in [4.69, 9.17) is 5.73 Å². The summed E-state index contributed by atoms with van der Waals surface area (Å²) in [7, 11) is 0. The maximum absolute atomic E-state index is 11.0. The smallest absolute Gasteiger partial charge is 0.325 e. The summed E-state index contributed by atoms with van der Waals surface area (Å²) in [6, 6.07) is 1.81. The summed E-state index contributed by atoms with van der Waals surface area (Å²) in [4.78, 5) is 24.3. The van der Waals surface area contributed by atoms with Gasteiger partial charge in [-0.1, -0.05) is 11.3 Å². The Kier molecular flexibility index (Phi) is 1.25. The second kappa shape index (κ2) is 2.32. The molecule has 6 nitrogen and oxygen atoms in total. The molecule has 0 amide bonds. The SMILES string of the molecule is Nc1nc2nc3[nH]c(=O)[nH]c3cc2s1. The van der Waals surface area contributed by atoms with Gasteiger partial charge in [-0.05, 0) is 6.07 Å². The second-order valence-corrected chi connectivity index (χ2v) is 3.90. The number of anilines is 1. The molecule has 0 saturated carbocycles. The second-order valence-electron chi connectivity index (χ2n) is 2.84. The summed E-state index contributed by atoms with van der Waals surface area (Å²) in [5.74, 6) is 0. The average Bonchev–Trinajstić information content (AvgIpc) is 2.59. The number of nitrogens with two attached hydrogens (primary N) is 1. The van der Waals surface area contributed by atoms with Crippen molar-refractivity contribution in [2.24, 2.45) is 0 Å². The van der Waals surface area contributed by atoms with Crippen molar-refractivity contribution in [3.05, 3.63) is 16.6 Å². The maximum Gasteiger partial charge on any atom is 0.325 e. The minimum absolute atomic E-state index is 0.266. The molecule has 0 spiro atoms. The van der Waals surface area contributed by atoms with Crippen LogP contribution in [0.2, 0.25) is 0 Å². The van der Waals surface area contributed by atoms with E-state index in [1.165, 1.54) is 11.3 Å². The van der Waals surface area contributed by atoms with Crippen molar-refractivity contribution in [1.29, 1.82) is 0 Å². The molecule has 0 aliphatic rings. The summed E-state index contributed by atoms with van der Waals surface area (Å²) in [5, 5.41) is 0.475. The van der Waals surface area contributed by atoms with Gasteiger partial charge in [0.15, 0.2) is 16.4 Å². The van der Waals surface area contributed by atoms with E-state index >= 15 is 0 Å². The minimum Gasteiger partial charge on any atom is -0.375 e. The quantitative estimate of drug-likeness (QED) is 0.498. The Balaban J connectivity index is 2.55. The van der Waals surface area contributed by atoms with Gasteiger partial charge in [-0.3, -0.25) is 4.98 Å². The highest BCUT2D eigenvalue weighted by atomic mass is 32.1. The first kappa shape index (κ1) is 7.51. The van der Waals surface area contributed by atoms with Gasteiger partial charge in [0.05, 0.1) is 10.2 Å². The van der Waals surface area contributed by atoms with Crippen molar-refractivity contribution < 1.29 is 0 Å². The Hall–Kier alpha value is -1.89. The van der Waals surface area contributed by atoms with Gasteiger partial charge < -0.3 is 10.7 Å². The maximum atomic E-state index is 11.0. The molecule has 0 aliphatic carbocycles. The van der Waals surface area contributed by atoms with E-state index in [0.717, 1.165) is 4.70 Å². The fourth-order valence-corrected chi connectivity index (χ4v) is 2.05. The largest absolute Gasteiger partial charge is 0.375 e. The predicted molar refractivity (Wildman–Crippen MR) is 54.3 cm³/mol. The number of pyridine rings is 1. The molecule has 0 bridgehead atoms. The summed E-state index contributed by atoms with van der Waals surface area (Å²) in [6.45, 7) is 0. The molecule has 7 heteroatoms. The zero-order chi connectivity index (χ0) is 9.71. The van der Waals surface area contributed by atoms with E-state index in [-0.39, 0.29) is 5.69 Å². The van der Waals surface area contributed by atoms with Gasteiger partial charge in [-0.2, -0.15) is 0 Å². The summed E-state index contributed by atoms with van der Waals surface area (Å²) in [5.41, 5.74) is 7.02. The molecular formula is C7H5N5OS. The molecule has 0 fully saturated rings. The van der Waals surface area contributed by atoms with Crippen LogP contribution < -0.4 is 11.4 Å². The van der Waals surface area contributed by atoms with Crippen LogP contribution in [0.4, 0.5) is 5.13 Å². The number of hydrogen-bond acceptors (Lipinski definition) is 5. The highest BCUT2D eigenvalue weighted by Gasteiger charge is 2.06. The zero-order valence-corrected chi connectivity index (χ0v) is 7.68. The first-order chi connectivity index (χ1) is 6.72. The summed E-state index contributed by atoms with van der Waals surface area (Å²) < 4.78 is 0.866.